The molecule has 0 aliphatic rings. The highest BCUT2D eigenvalue weighted by Crippen LogP contribution is 2.10. The molecule has 7 nitrogen and oxygen atoms in total. The molecule has 0 fully saturated rings. The lowest BCUT2D eigenvalue weighted by Gasteiger charge is -2.11. The summed E-state index contributed by atoms with van der Waals surface area (Å²) >= 11 is 0. The molecule has 1 atom stereocenters. The molecular formula is C12H21N3O4S. The second kappa shape index (κ2) is 6.85. The number of aromatic nitrogens is 2. The number of hydrogen-bond acceptors (Lipinski definition) is 5. The van der Waals surface area contributed by atoms with E-state index in [0.29, 0.717) is 12.4 Å². The van der Waals surface area contributed by atoms with Crippen molar-refractivity contribution in [2.24, 2.45) is 0 Å². The van der Waals surface area contributed by atoms with Crippen LogP contribution in [0, 0.1) is 6.92 Å². The lowest BCUT2D eigenvalue weighted by Crippen LogP contribution is -2.39. The second-order valence-corrected chi connectivity index (χ2v) is 6.08. The highest BCUT2D eigenvalue weighted by atomic mass is 32.2. The number of sulfonamides is 1. The van der Waals surface area contributed by atoms with Crippen LogP contribution in [-0.2, 0) is 26.1 Å². The van der Waals surface area contributed by atoms with Crippen molar-refractivity contribution in [3.8, 4) is 0 Å². The Morgan fingerprint density at radius 2 is 2.15 bits per heavy atom. The van der Waals surface area contributed by atoms with Gasteiger partial charge in [-0.3, -0.25) is 4.79 Å². The molecule has 1 unspecified atom stereocenters. The summed E-state index contributed by atoms with van der Waals surface area (Å²) < 4.78 is 33.0. The van der Waals surface area contributed by atoms with E-state index in [9.17, 15) is 13.2 Å². The Balaban J connectivity index is 2.88. The fourth-order valence-corrected chi connectivity index (χ4v) is 2.89. The van der Waals surface area contributed by atoms with E-state index in [0.717, 1.165) is 6.42 Å². The first kappa shape index (κ1) is 16.6. The Hall–Kier alpha value is -1.41. The molecule has 0 bridgehead atoms. The van der Waals surface area contributed by atoms with Crippen LogP contribution in [0.15, 0.2) is 11.2 Å². The van der Waals surface area contributed by atoms with Crippen molar-refractivity contribution >= 4 is 16.0 Å². The van der Waals surface area contributed by atoms with Gasteiger partial charge in [-0.2, -0.15) is 4.72 Å². The Bertz CT molecular complexity index is 565. The van der Waals surface area contributed by atoms with Gasteiger partial charge in [-0.15, -0.1) is 0 Å². The van der Waals surface area contributed by atoms with Gasteiger partial charge in [0.15, 0.2) is 5.03 Å². The molecule has 1 heterocycles. The average Bonchev–Trinajstić information content (AvgIpc) is 2.72. The monoisotopic (exact) mass is 303 g/mol. The fourth-order valence-electron chi connectivity index (χ4n) is 1.68. The average molecular weight is 303 g/mol. The maximum absolute atomic E-state index is 12.1. The number of rotatable bonds is 7. The Kier molecular flexibility index (Phi) is 5.70. The normalized spacial score (nSPS) is 13.2. The van der Waals surface area contributed by atoms with Crippen LogP contribution in [0.3, 0.4) is 0 Å². The van der Waals surface area contributed by atoms with E-state index >= 15 is 0 Å². The zero-order valence-electron chi connectivity index (χ0n) is 12.2. The minimum Gasteiger partial charge on any atom is -0.465 e. The summed E-state index contributed by atoms with van der Waals surface area (Å²) in [5, 5.41) is -0.0837. The molecule has 1 aromatic rings. The van der Waals surface area contributed by atoms with Crippen LogP contribution in [-0.4, -0.2) is 36.6 Å². The quantitative estimate of drug-likeness (QED) is 0.754. The number of nitrogens with zero attached hydrogens (tertiary/aromatic N) is 2. The first-order valence-electron chi connectivity index (χ1n) is 6.54. The van der Waals surface area contributed by atoms with Gasteiger partial charge in [0.1, 0.15) is 11.9 Å². The first-order valence-corrected chi connectivity index (χ1v) is 8.02. The molecule has 114 valence electrons. The van der Waals surface area contributed by atoms with Crippen LogP contribution in [0.1, 0.15) is 33.0 Å². The second-order valence-electron chi connectivity index (χ2n) is 4.41. The first-order chi connectivity index (χ1) is 9.31. The smallest absolute Gasteiger partial charge is 0.323 e. The minimum absolute atomic E-state index is 0.0837. The van der Waals surface area contributed by atoms with Crippen LogP contribution in [0.5, 0.6) is 0 Å². The van der Waals surface area contributed by atoms with Crippen LogP contribution in [0.2, 0.25) is 0 Å². The molecule has 0 aromatic carbocycles. The van der Waals surface area contributed by atoms with Gasteiger partial charge in [0.2, 0.25) is 0 Å². The number of esters is 1. The summed E-state index contributed by atoms with van der Waals surface area (Å²) in [5.41, 5.74) is 0. The van der Waals surface area contributed by atoms with Gasteiger partial charge in [0.05, 0.1) is 6.61 Å². The predicted octanol–water partition coefficient (Wildman–Crippen LogP) is 0.831. The van der Waals surface area contributed by atoms with Crippen molar-refractivity contribution in [3.05, 3.63) is 12.0 Å². The van der Waals surface area contributed by atoms with Gasteiger partial charge in [0.25, 0.3) is 10.0 Å². The molecule has 1 rings (SSSR count). The van der Waals surface area contributed by atoms with Crippen molar-refractivity contribution in [3.63, 3.8) is 0 Å². The number of nitrogens with one attached hydrogen (secondary N) is 1. The Morgan fingerprint density at radius 1 is 1.50 bits per heavy atom. The van der Waals surface area contributed by atoms with Crippen molar-refractivity contribution in [2.45, 2.75) is 51.7 Å². The maximum Gasteiger partial charge on any atom is 0.323 e. The Labute approximate surface area is 119 Å². The lowest BCUT2D eigenvalue weighted by molar-refractivity contribution is -0.144. The largest absolute Gasteiger partial charge is 0.465 e. The molecule has 20 heavy (non-hydrogen) atoms. The highest BCUT2D eigenvalue weighted by molar-refractivity contribution is 7.89. The standard InChI is InChI=1S/C12H21N3O4S/c1-5-7-15-8-11(13-10(15)4)20(17,18)14-9(3)12(16)19-6-2/h8-9,14H,5-7H2,1-4H3. The third-order valence-corrected chi connectivity index (χ3v) is 4.08. The number of carbonyl (C=O) groups excluding carboxylic acids is 1. The summed E-state index contributed by atoms with van der Waals surface area (Å²) in [5.74, 6) is 0.0109. The molecule has 0 saturated heterocycles. The van der Waals surface area contributed by atoms with Crippen molar-refractivity contribution < 1.29 is 17.9 Å². The molecular weight excluding hydrogens is 282 g/mol. The molecule has 0 aliphatic carbocycles. The van der Waals surface area contributed by atoms with E-state index < -0.39 is 22.0 Å². The van der Waals surface area contributed by atoms with Crippen LogP contribution in [0.25, 0.3) is 0 Å². The van der Waals surface area contributed by atoms with Crippen LogP contribution < -0.4 is 4.72 Å². The fraction of sp³-hybridized carbons (Fsp3) is 0.667. The van der Waals surface area contributed by atoms with Gasteiger partial charge in [0, 0.05) is 12.7 Å². The molecule has 0 spiro atoms. The van der Waals surface area contributed by atoms with E-state index in [1.54, 1.807) is 18.4 Å². The third-order valence-electron chi connectivity index (χ3n) is 2.67. The van der Waals surface area contributed by atoms with Gasteiger partial charge in [-0.1, -0.05) is 6.92 Å². The number of hydrogen-bond donors (Lipinski definition) is 1. The zero-order valence-corrected chi connectivity index (χ0v) is 13.0. The van der Waals surface area contributed by atoms with E-state index in [1.807, 2.05) is 6.92 Å². The zero-order chi connectivity index (χ0) is 15.3. The lowest BCUT2D eigenvalue weighted by atomic mass is 10.4. The number of carbonyl (C=O) groups is 1. The predicted molar refractivity (Wildman–Crippen MR) is 73.7 cm³/mol. The van der Waals surface area contributed by atoms with Gasteiger partial charge in [-0.25, -0.2) is 13.4 Å². The van der Waals surface area contributed by atoms with Crippen molar-refractivity contribution in [1.82, 2.24) is 14.3 Å². The van der Waals surface area contributed by atoms with E-state index in [2.05, 4.69) is 9.71 Å². The van der Waals surface area contributed by atoms with Gasteiger partial charge in [-0.05, 0) is 27.2 Å². The van der Waals surface area contributed by atoms with Crippen molar-refractivity contribution in [2.75, 3.05) is 6.61 Å². The number of imidazole rings is 1. The van der Waals surface area contributed by atoms with Gasteiger partial charge >= 0.3 is 5.97 Å². The summed E-state index contributed by atoms with van der Waals surface area (Å²) in [6, 6.07) is -0.948. The SMILES string of the molecule is CCCn1cc(S(=O)(=O)NC(C)C(=O)OCC)nc1C. The minimum atomic E-state index is -3.83. The third kappa shape index (κ3) is 4.04. The summed E-state index contributed by atoms with van der Waals surface area (Å²) in [7, 11) is -3.83. The summed E-state index contributed by atoms with van der Waals surface area (Å²) in [6.07, 6.45) is 2.35. The van der Waals surface area contributed by atoms with Crippen molar-refractivity contribution in [1.29, 1.82) is 0 Å². The van der Waals surface area contributed by atoms with E-state index in [4.69, 9.17) is 4.74 Å². The topological polar surface area (TPSA) is 90.3 Å². The molecule has 0 saturated carbocycles. The van der Waals surface area contributed by atoms with Gasteiger partial charge < -0.3 is 9.30 Å². The summed E-state index contributed by atoms with van der Waals surface area (Å²) in [6.45, 7) is 7.73. The number of ether oxygens (including phenoxy) is 1. The molecule has 1 N–H and O–H groups in total. The van der Waals surface area contributed by atoms with Crippen LogP contribution >= 0.6 is 0 Å². The molecule has 0 aliphatic heterocycles. The molecule has 0 amide bonds. The Morgan fingerprint density at radius 3 is 2.70 bits per heavy atom. The highest BCUT2D eigenvalue weighted by Gasteiger charge is 2.25. The molecule has 1 aromatic heterocycles. The van der Waals surface area contributed by atoms with E-state index in [1.165, 1.54) is 13.1 Å². The van der Waals surface area contributed by atoms with Crippen LogP contribution in [0.4, 0.5) is 0 Å². The van der Waals surface area contributed by atoms with E-state index in [-0.39, 0.29) is 11.6 Å². The number of aryl methyl sites for hydroxylation is 2. The maximum atomic E-state index is 12.1. The molecule has 0 radical (unpaired) electrons. The summed E-state index contributed by atoms with van der Waals surface area (Å²) in [4.78, 5) is 15.5. The molecule has 8 heteroatoms.